The Morgan fingerprint density at radius 3 is 3.00 bits per heavy atom. The van der Waals surface area contributed by atoms with Crippen molar-refractivity contribution in [3.8, 4) is 0 Å². The fourth-order valence-electron chi connectivity index (χ4n) is 3.64. The molecule has 0 radical (unpaired) electrons. The topological polar surface area (TPSA) is 61.9 Å². The Morgan fingerprint density at radius 1 is 1.28 bits per heavy atom. The molecule has 1 amide bonds. The Balaban J connectivity index is 1.49. The number of H-pyrrole nitrogens is 1. The van der Waals surface area contributed by atoms with Gasteiger partial charge in [-0.1, -0.05) is 24.3 Å². The second-order valence-electron chi connectivity index (χ2n) is 6.89. The first-order chi connectivity index (χ1) is 12.2. The number of carbonyl (C=O) groups is 1. The van der Waals surface area contributed by atoms with Crippen molar-refractivity contribution in [3.05, 3.63) is 59.5 Å². The number of aryl methyl sites for hydroxylation is 1. The molecule has 0 aliphatic carbocycles. The third-order valence-corrected chi connectivity index (χ3v) is 4.98. The summed E-state index contributed by atoms with van der Waals surface area (Å²) in [5.74, 6) is 0.511. The van der Waals surface area contributed by atoms with Crippen molar-refractivity contribution >= 4 is 16.8 Å². The number of rotatable bonds is 3. The lowest BCUT2D eigenvalue weighted by Crippen LogP contribution is -2.40. The van der Waals surface area contributed by atoms with Crippen LogP contribution >= 0.6 is 0 Å². The molecule has 1 atom stereocenters. The molecule has 0 spiro atoms. The molecule has 3 aromatic rings. The van der Waals surface area contributed by atoms with E-state index in [1.807, 2.05) is 42.3 Å². The number of piperidine rings is 1. The van der Waals surface area contributed by atoms with Gasteiger partial charge in [-0.05, 0) is 49.8 Å². The van der Waals surface area contributed by atoms with E-state index in [1.165, 1.54) is 5.56 Å². The lowest BCUT2D eigenvalue weighted by molar-refractivity contribution is 0.0669. The highest BCUT2D eigenvalue weighted by molar-refractivity contribution is 6.04. The van der Waals surface area contributed by atoms with Crippen molar-refractivity contribution in [1.82, 2.24) is 20.1 Å². The van der Waals surface area contributed by atoms with E-state index in [9.17, 15) is 4.79 Å². The monoisotopic (exact) mass is 334 g/mol. The maximum Gasteiger partial charge on any atom is 0.275 e. The van der Waals surface area contributed by atoms with Crippen molar-refractivity contribution < 1.29 is 4.79 Å². The summed E-state index contributed by atoms with van der Waals surface area (Å²) >= 11 is 0. The number of para-hydroxylation sites is 1. The average molecular weight is 334 g/mol. The van der Waals surface area contributed by atoms with Crippen LogP contribution in [0, 0.1) is 12.8 Å². The van der Waals surface area contributed by atoms with E-state index in [-0.39, 0.29) is 5.91 Å². The summed E-state index contributed by atoms with van der Waals surface area (Å²) in [6, 6.07) is 12.0. The summed E-state index contributed by atoms with van der Waals surface area (Å²) in [7, 11) is 0. The van der Waals surface area contributed by atoms with E-state index in [0.717, 1.165) is 48.9 Å². The molecule has 1 aliphatic heterocycles. The third-order valence-electron chi connectivity index (χ3n) is 4.98. The molecule has 128 valence electrons. The van der Waals surface area contributed by atoms with Gasteiger partial charge in [-0.3, -0.25) is 14.9 Å². The van der Waals surface area contributed by atoms with Crippen LogP contribution in [-0.2, 0) is 6.42 Å². The number of fused-ring (bicyclic) bond motifs is 1. The molecule has 1 aliphatic rings. The fraction of sp³-hybridized carbons (Fsp3) is 0.350. The standard InChI is InChI=1S/C20H22N4O/c1-14-8-9-15(12-21-14)11-16-5-4-10-24(13-16)20(25)19-17-6-2-3-7-18(17)22-23-19/h2-3,6-9,12,16H,4-5,10-11,13H2,1H3,(H,22,23)/t16-/m0/s1. The number of pyridine rings is 1. The SMILES string of the molecule is Cc1ccc(C[C@@H]2CCCN(C(=O)c3n[nH]c4ccccc34)C2)cn1. The molecule has 1 aromatic carbocycles. The minimum Gasteiger partial charge on any atom is -0.337 e. The molecule has 3 heterocycles. The van der Waals surface area contributed by atoms with Crippen molar-refractivity contribution in [3.63, 3.8) is 0 Å². The normalized spacial score (nSPS) is 17.8. The molecule has 0 saturated carbocycles. The van der Waals surface area contributed by atoms with Gasteiger partial charge in [0.05, 0.1) is 5.52 Å². The molecule has 0 bridgehead atoms. The zero-order valence-electron chi connectivity index (χ0n) is 14.4. The molecule has 1 N–H and O–H groups in total. The summed E-state index contributed by atoms with van der Waals surface area (Å²) in [5, 5.41) is 8.12. The molecule has 1 saturated heterocycles. The van der Waals surface area contributed by atoms with Gasteiger partial charge in [0.2, 0.25) is 0 Å². The van der Waals surface area contributed by atoms with E-state index in [2.05, 4.69) is 27.3 Å². The Labute approximate surface area is 147 Å². The predicted molar refractivity (Wildman–Crippen MR) is 97.4 cm³/mol. The van der Waals surface area contributed by atoms with Gasteiger partial charge >= 0.3 is 0 Å². The lowest BCUT2D eigenvalue weighted by atomic mass is 9.91. The number of carbonyl (C=O) groups excluding carboxylic acids is 1. The predicted octanol–water partition coefficient (Wildman–Crippen LogP) is 3.36. The van der Waals surface area contributed by atoms with E-state index in [0.29, 0.717) is 11.6 Å². The largest absolute Gasteiger partial charge is 0.337 e. The summed E-state index contributed by atoms with van der Waals surface area (Å²) < 4.78 is 0. The highest BCUT2D eigenvalue weighted by Crippen LogP contribution is 2.24. The first-order valence-electron chi connectivity index (χ1n) is 8.84. The van der Waals surface area contributed by atoms with Crippen molar-refractivity contribution in [2.24, 2.45) is 5.92 Å². The minimum atomic E-state index is 0.0316. The van der Waals surface area contributed by atoms with Gasteiger partial charge in [-0.25, -0.2) is 0 Å². The number of aromatic nitrogens is 3. The van der Waals surface area contributed by atoms with Gasteiger partial charge in [0.1, 0.15) is 0 Å². The maximum absolute atomic E-state index is 12.9. The number of benzene rings is 1. The molecule has 5 heteroatoms. The maximum atomic E-state index is 12.9. The summed E-state index contributed by atoms with van der Waals surface area (Å²) in [6.45, 7) is 3.59. The van der Waals surface area contributed by atoms with Gasteiger partial charge in [-0.15, -0.1) is 0 Å². The highest BCUT2D eigenvalue weighted by atomic mass is 16.2. The molecule has 2 aromatic heterocycles. The Morgan fingerprint density at radius 2 is 2.16 bits per heavy atom. The summed E-state index contributed by atoms with van der Waals surface area (Å²) in [4.78, 5) is 19.3. The van der Waals surface area contributed by atoms with Gasteiger partial charge in [0, 0.05) is 30.4 Å². The molecular weight excluding hydrogens is 312 g/mol. The van der Waals surface area contributed by atoms with Crippen LogP contribution in [0.15, 0.2) is 42.6 Å². The molecule has 4 rings (SSSR count). The number of hydrogen-bond acceptors (Lipinski definition) is 3. The number of likely N-dealkylation sites (tertiary alicyclic amines) is 1. The summed E-state index contributed by atoms with van der Waals surface area (Å²) in [5.41, 5.74) is 3.73. The number of aromatic amines is 1. The van der Waals surface area contributed by atoms with Crippen LogP contribution in [0.2, 0.25) is 0 Å². The smallest absolute Gasteiger partial charge is 0.275 e. The Hall–Kier alpha value is -2.69. The molecule has 25 heavy (non-hydrogen) atoms. The van der Waals surface area contributed by atoms with Gasteiger partial charge in [0.25, 0.3) is 5.91 Å². The van der Waals surface area contributed by atoms with E-state index in [1.54, 1.807) is 0 Å². The van der Waals surface area contributed by atoms with Gasteiger partial charge < -0.3 is 4.90 Å². The van der Waals surface area contributed by atoms with Crippen LogP contribution in [-0.4, -0.2) is 39.1 Å². The molecule has 1 fully saturated rings. The van der Waals surface area contributed by atoms with Crippen LogP contribution in [0.4, 0.5) is 0 Å². The van der Waals surface area contributed by atoms with Crippen LogP contribution in [0.1, 0.15) is 34.6 Å². The number of nitrogens with zero attached hydrogens (tertiary/aromatic N) is 3. The summed E-state index contributed by atoms with van der Waals surface area (Å²) in [6.07, 6.45) is 5.12. The first kappa shape index (κ1) is 15.8. The Kier molecular flexibility index (Phi) is 4.22. The lowest BCUT2D eigenvalue weighted by Gasteiger charge is -2.32. The first-order valence-corrected chi connectivity index (χ1v) is 8.84. The number of hydrogen-bond donors (Lipinski definition) is 1. The Bertz CT molecular complexity index is 884. The van der Waals surface area contributed by atoms with Crippen molar-refractivity contribution in [1.29, 1.82) is 0 Å². The van der Waals surface area contributed by atoms with Crippen LogP contribution in [0.5, 0.6) is 0 Å². The van der Waals surface area contributed by atoms with Gasteiger partial charge in [-0.2, -0.15) is 5.10 Å². The van der Waals surface area contributed by atoms with Crippen molar-refractivity contribution in [2.45, 2.75) is 26.2 Å². The molecule has 5 nitrogen and oxygen atoms in total. The second kappa shape index (κ2) is 6.67. The zero-order chi connectivity index (χ0) is 17.2. The quantitative estimate of drug-likeness (QED) is 0.799. The van der Waals surface area contributed by atoms with Crippen LogP contribution < -0.4 is 0 Å². The molecule has 0 unspecified atom stereocenters. The van der Waals surface area contributed by atoms with Crippen LogP contribution in [0.3, 0.4) is 0 Å². The van der Waals surface area contributed by atoms with Crippen LogP contribution in [0.25, 0.3) is 10.9 Å². The fourth-order valence-corrected chi connectivity index (χ4v) is 3.64. The van der Waals surface area contributed by atoms with Gasteiger partial charge in [0.15, 0.2) is 5.69 Å². The van der Waals surface area contributed by atoms with E-state index < -0.39 is 0 Å². The van der Waals surface area contributed by atoms with E-state index >= 15 is 0 Å². The van der Waals surface area contributed by atoms with E-state index in [4.69, 9.17) is 0 Å². The minimum absolute atomic E-state index is 0.0316. The van der Waals surface area contributed by atoms with Crippen molar-refractivity contribution in [2.75, 3.05) is 13.1 Å². The highest BCUT2D eigenvalue weighted by Gasteiger charge is 2.27. The number of amides is 1. The third kappa shape index (κ3) is 3.27. The average Bonchev–Trinajstić information content (AvgIpc) is 3.07. The second-order valence-corrected chi connectivity index (χ2v) is 6.89. The number of nitrogens with one attached hydrogen (secondary N) is 1. The molecular formula is C20H22N4O. The zero-order valence-corrected chi connectivity index (χ0v) is 14.4.